The third kappa shape index (κ3) is 7.14. The van der Waals surface area contributed by atoms with Crippen molar-refractivity contribution < 1.29 is 24.6 Å². The summed E-state index contributed by atoms with van der Waals surface area (Å²) >= 11 is 0. The number of hydrogen-bond acceptors (Lipinski definition) is 9. The molecule has 208 valence electrons. The molecule has 5 rings (SSSR count). The second-order valence-corrected chi connectivity index (χ2v) is 10.6. The van der Waals surface area contributed by atoms with Crippen LogP contribution in [0.3, 0.4) is 0 Å². The van der Waals surface area contributed by atoms with Crippen LogP contribution < -0.4 is 5.32 Å². The van der Waals surface area contributed by atoms with E-state index in [-0.39, 0.29) is 10.0 Å². The topological polar surface area (TPSA) is 137 Å². The Bertz CT molecular complexity index is 1330. The number of allylic oxidation sites excluding steroid dienone is 1. The SMILES string of the molecule is CC1=Cc2cnc(NCc3ccn(C)n3)nc2C[N+]1(C)C=O.CN1CCCC(c2cccc(C(O)(O)O)c2)C1. The lowest BCUT2D eigenvalue weighted by molar-refractivity contribution is -0.800. The number of benzene rings is 1. The highest BCUT2D eigenvalue weighted by atomic mass is 16.7. The lowest BCUT2D eigenvalue weighted by Crippen LogP contribution is -2.42. The van der Waals surface area contributed by atoms with Gasteiger partial charge in [0.05, 0.1) is 19.3 Å². The molecule has 4 N–H and O–H groups in total. The number of aromatic nitrogens is 4. The number of carbonyl (C=O) groups excluding carboxylic acids is 1. The van der Waals surface area contributed by atoms with Gasteiger partial charge in [0.25, 0.3) is 0 Å². The first-order valence-corrected chi connectivity index (χ1v) is 13.0. The maximum absolute atomic E-state index is 11.4. The van der Waals surface area contributed by atoms with Gasteiger partial charge in [-0.25, -0.2) is 19.2 Å². The maximum atomic E-state index is 11.4. The summed E-state index contributed by atoms with van der Waals surface area (Å²) in [6, 6.07) is 8.84. The second kappa shape index (κ2) is 11.7. The number of likely N-dealkylation sites (tertiary alicyclic amines) is 1. The number of piperidine rings is 1. The van der Waals surface area contributed by atoms with Gasteiger partial charge in [-0.3, -0.25) is 4.68 Å². The molecule has 2 atom stereocenters. The van der Waals surface area contributed by atoms with Crippen molar-refractivity contribution in [3.8, 4) is 0 Å². The Balaban J connectivity index is 0.000000187. The second-order valence-electron chi connectivity index (χ2n) is 10.6. The smallest absolute Gasteiger partial charge is 0.306 e. The summed E-state index contributed by atoms with van der Waals surface area (Å²) in [6.45, 7) is 5.14. The first kappa shape index (κ1) is 28.5. The van der Waals surface area contributed by atoms with Crippen molar-refractivity contribution in [2.75, 3.05) is 32.5 Å². The van der Waals surface area contributed by atoms with Crippen LogP contribution in [-0.4, -0.2) is 78.0 Å². The highest BCUT2D eigenvalue weighted by molar-refractivity contribution is 5.58. The Hall–Kier alpha value is -3.48. The molecule has 2 aliphatic rings. The molecule has 1 saturated heterocycles. The molecule has 0 radical (unpaired) electrons. The molecule has 11 nitrogen and oxygen atoms in total. The fraction of sp³-hybridized carbons (Fsp3) is 0.429. The quantitative estimate of drug-likeness (QED) is 0.211. The zero-order valence-corrected chi connectivity index (χ0v) is 22.9. The predicted molar refractivity (Wildman–Crippen MR) is 146 cm³/mol. The van der Waals surface area contributed by atoms with Crippen LogP contribution in [0, 0.1) is 0 Å². The molecule has 2 aliphatic heterocycles. The van der Waals surface area contributed by atoms with Crippen LogP contribution in [0.25, 0.3) is 6.08 Å². The minimum absolute atomic E-state index is 0.128. The van der Waals surface area contributed by atoms with Crippen LogP contribution in [0.15, 0.2) is 48.4 Å². The zero-order valence-electron chi connectivity index (χ0n) is 22.9. The standard InChI is InChI=1S/C15H19N6O.C13H19NO3/c1-11-6-12-7-16-15(17-8-13-4-5-20(2)19-13)18-14(12)9-21(11,3)10-22;1-14-7-3-5-11(9-14)10-4-2-6-12(8-10)13(15,16)17/h4-7,10H,8-9H2,1-3H3,(H,16,17,18);2,4,6,8,11,15-17H,3,5,7,9H2,1H3/q+1;. The summed E-state index contributed by atoms with van der Waals surface area (Å²) in [6.07, 6.45) is 8.84. The molecule has 1 fully saturated rings. The van der Waals surface area contributed by atoms with Crippen LogP contribution in [0.5, 0.6) is 0 Å². The number of quaternary nitrogens is 1. The summed E-state index contributed by atoms with van der Waals surface area (Å²) in [4.78, 5) is 22.5. The Morgan fingerprint density at radius 1 is 1.23 bits per heavy atom. The van der Waals surface area contributed by atoms with Crippen LogP contribution >= 0.6 is 0 Å². The number of hydrogen-bond donors (Lipinski definition) is 4. The molecular formula is C28H38N7O4+. The molecule has 0 saturated carbocycles. The van der Waals surface area contributed by atoms with E-state index in [1.54, 1.807) is 23.0 Å². The predicted octanol–water partition coefficient (Wildman–Crippen LogP) is 1.88. The first-order valence-electron chi connectivity index (χ1n) is 13.0. The molecule has 11 heteroatoms. The van der Waals surface area contributed by atoms with Crippen molar-refractivity contribution in [3.05, 3.63) is 76.5 Å². The van der Waals surface area contributed by atoms with E-state index in [4.69, 9.17) is 15.3 Å². The van der Waals surface area contributed by atoms with Crippen LogP contribution in [0.4, 0.5) is 5.95 Å². The van der Waals surface area contributed by atoms with Crippen molar-refractivity contribution in [3.63, 3.8) is 0 Å². The van der Waals surface area contributed by atoms with E-state index >= 15 is 0 Å². The van der Waals surface area contributed by atoms with E-state index in [1.165, 1.54) is 6.07 Å². The average molecular weight is 537 g/mol. The number of rotatable bonds is 6. The van der Waals surface area contributed by atoms with Crippen molar-refractivity contribution in [1.29, 1.82) is 0 Å². The summed E-state index contributed by atoms with van der Waals surface area (Å²) in [7, 11) is 5.85. The molecule has 1 aromatic carbocycles. The molecule has 0 bridgehead atoms. The summed E-state index contributed by atoms with van der Waals surface area (Å²) in [5, 5.41) is 35.0. The van der Waals surface area contributed by atoms with Crippen molar-refractivity contribution >= 4 is 18.4 Å². The van der Waals surface area contributed by atoms with E-state index < -0.39 is 5.97 Å². The van der Waals surface area contributed by atoms with Gasteiger partial charge in [0.2, 0.25) is 5.95 Å². The fourth-order valence-electron chi connectivity index (χ4n) is 4.85. The van der Waals surface area contributed by atoms with Crippen LogP contribution in [0.1, 0.15) is 53.8 Å². The van der Waals surface area contributed by atoms with Gasteiger partial charge in [0, 0.05) is 50.1 Å². The average Bonchev–Trinajstić information content (AvgIpc) is 3.33. The van der Waals surface area contributed by atoms with E-state index in [9.17, 15) is 4.79 Å². The zero-order chi connectivity index (χ0) is 28.2. The van der Waals surface area contributed by atoms with E-state index in [1.807, 2.05) is 45.4 Å². The Kier molecular flexibility index (Phi) is 8.57. The van der Waals surface area contributed by atoms with Gasteiger partial charge < -0.3 is 25.5 Å². The minimum Gasteiger partial charge on any atom is -0.348 e. The molecule has 39 heavy (non-hydrogen) atoms. The van der Waals surface area contributed by atoms with Gasteiger partial charge >= 0.3 is 12.4 Å². The van der Waals surface area contributed by atoms with Crippen molar-refractivity contribution in [2.24, 2.45) is 7.05 Å². The number of anilines is 1. The molecule has 0 spiro atoms. The highest BCUT2D eigenvalue weighted by Gasteiger charge is 2.31. The Morgan fingerprint density at radius 3 is 2.69 bits per heavy atom. The molecule has 1 amide bonds. The number of amides is 1. The third-order valence-electron chi connectivity index (χ3n) is 7.35. The summed E-state index contributed by atoms with van der Waals surface area (Å²) in [5.74, 6) is -1.79. The number of carbonyl (C=O) groups is 1. The van der Waals surface area contributed by atoms with Gasteiger partial charge in [-0.15, -0.1) is 0 Å². The molecule has 2 aromatic heterocycles. The highest BCUT2D eigenvalue weighted by Crippen LogP contribution is 2.29. The van der Waals surface area contributed by atoms with Gasteiger partial charge in [-0.2, -0.15) is 5.10 Å². The monoisotopic (exact) mass is 536 g/mol. The fourth-order valence-corrected chi connectivity index (χ4v) is 4.85. The van der Waals surface area contributed by atoms with Crippen molar-refractivity contribution in [2.45, 2.75) is 44.7 Å². The molecular weight excluding hydrogens is 498 g/mol. The minimum atomic E-state index is -2.74. The number of nitrogens with zero attached hydrogens (tertiary/aromatic N) is 6. The van der Waals surface area contributed by atoms with Crippen LogP contribution in [0.2, 0.25) is 0 Å². The van der Waals surface area contributed by atoms with E-state index in [2.05, 4.69) is 32.3 Å². The number of likely N-dealkylation sites (N-methyl/N-ethyl adjacent to an activating group) is 1. The largest absolute Gasteiger partial charge is 0.348 e. The molecule has 3 aromatic rings. The van der Waals surface area contributed by atoms with Gasteiger partial charge in [0.1, 0.15) is 17.9 Å². The number of aliphatic hydroxyl groups is 3. The number of fused-ring (bicyclic) bond motifs is 1. The normalized spacial score (nSPS) is 21.3. The summed E-state index contributed by atoms with van der Waals surface area (Å²) < 4.78 is 1.98. The van der Waals surface area contributed by atoms with Gasteiger partial charge in [-0.05, 0) is 50.0 Å². The van der Waals surface area contributed by atoms with E-state index in [0.717, 1.165) is 60.6 Å². The van der Waals surface area contributed by atoms with Gasteiger partial charge in [-0.1, -0.05) is 18.2 Å². The number of aryl methyl sites for hydroxylation is 1. The Labute approximate surface area is 228 Å². The van der Waals surface area contributed by atoms with Crippen LogP contribution in [-0.2, 0) is 30.9 Å². The van der Waals surface area contributed by atoms with Crippen molar-refractivity contribution in [1.82, 2.24) is 24.6 Å². The number of nitrogens with one attached hydrogen (secondary N) is 1. The first-order chi connectivity index (χ1) is 18.5. The lowest BCUT2D eigenvalue weighted by atomic mass is 9.90. The van der Waals surface area contributed by atoms with Gasteiger partial charge in [0.15, 0.2) is 0 Å². The third-order valence-corrected chi connectivity index (χ3v) is 7.35. The van der Waals surface area contributed by atoms with E-state index in [0.29, 0.717) is 25.0 Å². The molecule has 0 aliphatic carbocycles. The maximum Gasteiger partial charge on any atom is 0.306 e. The molecule has 2 unspecified atom stereocenters. The lowest BCUT2D eigenvalue weighted by Gasteiger charge is -2.30. The Morgan fingerprint density at radius 2 is 2.03 bits per heavy atom. The summed E-state index contributed by atoms with van der Waals surface area (Å²) in [5.41, 5.74) is 4.93. The molecule has 4 heterocycles.